The van der Waals surface area contributed by atoms with E-state index in [4.69, 9.17) is 18.0 Å². The highest BCUT2D eigenvalue weighted by molar-refractivity contribution is 7.80. The number of aryl methyl sites for hydroxylation is 1. The maximum atomic E-state index is 5.83. The van der Waals surface area contributed by atoms with Crippen molar-refractivity contribution < 1.29 is 0 Å². The summed E-state index contributed by atoms with van der Waals surface area (Å²) in [5.41, 5.74) is 9.21. The number of nitrogens with zero attached hydrogens (tertiary/aromatic N) is 2. The summed E-state index contributed by atoms with van der Waals surface area (Å²) in [6.07, 6.45) is 1.13. The van der Waals surface area contributed by atoms with Gasteiger partial charge in [-0.25, -0.2) is 0 Å². The molecule has 0 unspecified atom stereocenters. The standard InChI is InChI=1S/C15H25N3S/c1-5-18(10-6-9-17(3)4)14-11-12(2)7-8-13(14)15(16)19/h7-8,11H,5-6,9-10H2,1-4H3,(H2,16,19). The highest BCUT2D eigenvalue weighted by atomic mass is 32.1. The molecular formula is C15H25N3S. The molecule has 0 heterocycles. The van der Waals surface area contributed by atoms with Crippen LogP contribution in [0.15, 0.2) is 18.2 Å². The Hall–Kier alpha value is -1.13. The van der Waals surface area contributed by atoms with Gasteiger partial charge >= 0.3 is 0 Å². The van der Waals surface area contributed by atoms with Gasteiger partial charge in [-0.15, -0.1) is 0 Å². The van der Waals surface area contributed by atoms with Gasteiger partial charge in [0.15, 0.2) is 0 Å². The quantitative estimate of drug-likeness (QED) is 0.777. The summed E-state index contributed by atoms with van der Waals surface area (Å²) in [5.74, 6) is 0. The number of thiocarbonyl (C=S) groups is 1. The SMILES string of the molecule is CCN(CCCN(C)C)c1cc(C)ccc1C(N)=S. The van der Waals surface area contributed by atoms with E-state index in [0.29, 0.717) is 4.99 Å². The predicted molar refractivity (Wildman–Crippen MR) is 88.1 cm³/mol. The van der Waals surface area contributed by atoms with E-state index in [0.717, 1.165) is 37.3 Å². The Balaban J connectivity index is 2.90. The first-order valence-electron chi connectivity index (χ1n) is 6.75. The van der Waals surface area contributed by atoms with Gasteiger partial charge in [-0.05, 0) is 58.6 Å². The second kappa shape index (κ2) is 7.46. The Kier molecular flexibility index (Phi) is 6.25. The first-order chi connectivity index (χ1) is 8.95. The van der Waals surface area contributed by atoms with Gasteiger partial charge in [-0.3, -0.25) is 0 Å². The van der Waals surface area contributed by atoms with Crippen LogP contribution in [0.4, 0.5) is 5.69 Å². The highest BCUT2D eigenvalue weighted by Crippen LogP contribution is 2.22. The molecule has 0 aromatic heterocycles. The van der Waals surface area contributed by atoms with Crippen molar-refractivity contribution in [3.8, 4) is 0 Å². The molecule has 19 heavy (non-hydrogen) atoms. The number of hydrogen-bond donors (Lipinski definition) is 1. The highest BCUT2D eigenvalue weighted by Gasteiger charge is 2.11. The Bertz CT molecular complexity index is 429. The van der Waals surface area contributed by atoms with Gasteiger partial charge in [0.2, 0.25) is 0 Å². The Labute approximate surface area is 122 Å². The molecule has 0 saturated carbocycles. The van der Waals surface area contributed by atoms with Crippen molar-refractivity contribution in [1.82, 2.24) is 4.90 Å². The van der Waals surface area contributed by atoms with Crippen LogP contribution in [0, 0.1) is 6.92 Å². The second-order valence-electron chi connectivity index (χ2n) is 5.12. The van der Waals surface area contributed by atoms with Crippen LogP contribution < -0.4 is 10.6 Å². The van der Waals surface area contributed by atoms with Crippen LogP contribution >= 0.6 is 12.2 Å². The molecule has 0 aliphatic carbocycles. The summed E-state index contributed by atoms with van der Waals surface area (Å²) in [6.45, 7) is 7.34. The van der Waals surface area contributed by atoms with E-state index >= 15 is 0 Å². The monoisotopic (exact) mass is 279 g/mol. The molecule has 0 spiro atoms. The van der Waals surface area contributed by atoms with Crippen LogP contribution in [0.5, 0.6) is 0 Å². The summed E-state index contributed by atoms with van der Waals surface area (Å²) in [4.78, 5) is 5.03. The topological polar surface area (TPSA) is 32.5 Å². The lowest BCUT2D eigenvalue weighted by atomic mass is 10.1. The Morgan fingerprint density at radius 3 is 2.47 bits per heavy atom. The molecule has 0 bridgehead atoms. The maximum Gasteiger partial charge on any atom is 0.106 e. The van der Waals surface area contributed by atoms with Crippen molar-refractivity contribution >= 4 is 22.9 Å². The van der Waals surface area contributed by atoms with Crippen LogP contribution in [0.2, 0.25) is 0 Å². The average molecular weight is 279 g/mol. The van der Waals surface area contributed by atoms with Crippen molar-refractivity contribution in [3.05, 3.63) is 29.3 Å². The zero-order valence-corrected chi connectivity index (χ0v) is 13.3. The number of nitrogens with two attached hydrogens (primary N) is 1. The molecule has 0 aliphatic heterocycles. The largest absolute Gasteiger partial charge is 0.389 e. The molecule has 2 N–H and O–H groups in total. The van der Waals surface area contributed by atoms with Crippen LogP contribution in [-0.4, -0.2) is 43.6 Å². The minimum absolute atomic E-state index is 0.473. The summed E-state index contributed by atoms with van der Waals surface area (Å²) >= 11 is 5.16. The lowest BCUT2D eigenvalue weighted by Crippen LogP contribution is -2.29. The van der Waals surface area contributed by atoms with Gasteiger partial charge in [-0.1, -0.05) is 18.3 Å². The van der Waals surface area contributed by atoms with E-state index in [-0.39, 0.29) is 0 Å². The molecule has 106 valence electrons. The minimum atomic E-state index is 0.473. The molecule has 0 atom stereocenters. The molecule has 3 nitrogen and oxygen atoms in total. The molecule has 0 radical (unpaired) electrons. The fraction of sp³-hybridized carbons (Fsp3) is 0.533. The second-order valence-corrected chi connectivity index (χ2v) is 5.56. The molecule has 0 amide bonds. The third-order valence-corrected chi connectivity index (χ3v) is 3.39. The van der Waals surface area contributed by atoms with E-state index in [1.165, 1.54) is 5.56 Å². The third kappa shape index (κ3) is 4.80. The molecule has 1 rings (SSSR count). The normalized spacial score (nSPS) is 10.8. The van der Waals surface area contributed by atoms with E-state index in [1.807, 2.05) is 6.07 Å². The first kappa shape index (κ1) is 15.9. The first-order valence-corrected chi connectivity index (χ1v) is 7.16. The molecular weight excluding hydrogens is 254 g/mol. The van der Waals surface area contributed by atoms with E-state index in [2.05, 4.69) is 49.9 Å². The van der Waals surface area contributed by atoms with Gasteiger partial charge < -0.3 is 15.5 Å². The van der Waals surface area contributed by atoms with Crippen molar-refractivity contribution in [1.29, 1.82) is 0 Å². The summed E-state index contributed by atoms with van der Waals surface area (Å²) in [6, 6.07) is 6.26. The zero-order chi connectivity index (χ0) is 14.4. The molecule has 1 aromatic rings. The fourth-order valence-corrected chi connectivity index (χ4v) is 2.31. The maximum absolute atomic E-state index is 5.83. The van der Waals surface area contributed by atoms with Gasteiger partial charge in [0.25, 0.3) is 0 Å². The van der Waals surface area contributed by atoms with Gasteiger partial charge in [-0.2, -0.15) is 0 Å². The zero-order valence-electron chi connectivity index (χ0n) is 12.4. The van der Waals surface area contributed by atoms with Gasteiger partial charge in [0.05, 0.1) is 0 Å². The molecule has 0 fully saturated rings. The molecule has 1 aromatic carbocycles. The van der Waals surface area contributed by atoms with Crippen molar-refractivity contribution in [3.63, 3.8) is 0 Å². The lowest BCUT2D eigenvalue weighted by molar-refractivity contribution is 0.400. The van der Waals surface area contributed by atoms with E-state index in [1.54, 1.807) is 0 Å². The van der Waals surface area contributed by atoms with Crippen molar-refractivity contribution in [2.45, 2.75) is 20.3 Å². The van der Waals surface area contributed by atoms with Crippen LogP contribution in [-0.2, 0) is 0 Å². The number of rotatable bonds is 7. The average Bonchev–Trinajstić information content (AvgIpc) is 2.33. The smallest absolute Gasteiger partial charge is 0.106 e. The van der Waals surface area contributed by atoms with Crippen molar-refractivity contribution in [2.75, 3.05) is 38.6 Å². The summed E-state index contributed by atoms with van der Waals surface area (Å²) in [5, 5.41) is 0. The van der Waals surface area contributed by atoms with Crippen LogP contribution in [0.25, 0.3) is 0 Å². The number of anilines is 1. The minimum Gasteiger partial charge on any atom is -0.389 e. The summed E-state index contributed by atoms with van der Waals surface area (Å²) in [7, 11) is 4.20. The lowest BCUT2D eigenvalue weighted by Gasteiger charge is -2.26. The van der Waals surface area contributed by atoms with Crippen LogP contribution in [0.3, 0.4) is 0 Å². The Morgan fingerprint density at radius 1 is 1.26 bits per heavy atom. The number of hydrogen-bond acceptors (Lipinski definition) is 3. The number of benzene rings is 1. The predicted octanol–water partition coefficient (Wildman–Crippen LogP) is 2.41. The van der Waals surface area contributed by atoms with Crippen LogP contribution in [0.1, 0.15) is 24.5 Å². The van der Waals surface area contributed by atoms with Gasteiger partial charge in [0, 0.05) is 24.3 Å². The fourth-order valence-electron chi connectivity index (χ4n) is 2.14. The van der Waals surface area contributed by atoms with E-state index in [9.17, 15) is 0 Å². The Morgan fingerprint density at radius 2 is 1.95 bits per heavy atom. The van der Waals surface area contributed by atoms with Gasteiger partial charge in [0.1, 0.15) is 4.99 Å². The molecule has 4 heteroatoms. The third-order valence-electron chi connectivity index (χ3n) is 3.17. The molecule has 0 aliphatic rings. The summed E-state index contributed by atoms with van der Waals surface area (Å²) < 4.78 is 0. The van der Waals surface area contributed by atoms with Crippen molar-refractivity contribution in [2.24, 2.45) is 5.73 Å². The molecule has 0 saturated heterocycles. The van der Waals surface area contributed by atoms with E-state index < -0.39 is 0 Å².